The van der Waals surface area contributed by atoms with E-state index in [1.807, 2.05) is 0 Å². The van der Waals surface area contributed by atoms with Crippen LogP contribution in [0.25, 0.3) is 0 Å². The maximum atomic E-state index is 3.73. The van der Waals surface area contributed by atoms with Crippen molar-refractivity contribution in [2.24, 2.45) is 5.92 Å². The second-order valence-electron chi connectivity index (χ2n) is 6.98. The molecule has 0 radical (unpaired) electrons. The molecule has 1 heteroatoms. The third kappa shape index (κ3) is 4.57. The molecule has 1 aliphatic rings. The van der Waals surface area contributed by atoms with Gasteiger partial charge in [0.25, 0.3) is 0 Å². The van der Waals surface area contributed by atoms with Gasteiger partial charge in [-0.2, -0.15) is 0 Å². The third-order valence-corrected chi connectivity index (χ3v) is 5.30. The molecule has 0 spiro atoms. The van der Waals surface area contributed by atoms with Crippen LogP contribution in [0.3, 0.4) is 0 Å². The molecule has 0 heterocycles. The molecule has 1 N–H and O–H groups in total. The number of rotatable bonds is 6. The first-order valence-corrected chi connectivity index (χ1v) is 8.93. The van der Waals surface area contributed by atoms with Gasteiger partial charge in [0.05, 0.1) is 0 Å². The predicted octanol–water partition coefficient (Wildman–Crippen LogP) is 5.62. The fraction of sp³-hybridized carbons (Fsp3) is 0.700. The van der Waals surface area contributed by atoms with Gasteiger partial charge in [0.2, 0.25) is 0 Å². The first-order chi connectivity index (χ1) is 10.1. The molecular formula is C20H33N. The average Bonchev–Trinajstić information content (AvgIpc) is 2.48. The summed E-state index contributed by atoms with van der Waals surface area (Å²) in [5.41, 5.74) is 5.82. The van der Waals surface area contributed by atoms with E-state index in [1.165, 1.54) is 67.2 Å². The number of nitrogens with one attached hydrogen (secondary N) is 1. The lowest BCUT2D eigenvalue weighted by Crippen LogP contribution is -2.23. The van der Waals surface area contributed by atoms with E-state index in [0.29, 0.717) is 6.04 Å². The van der Waals surface area contributed by atoms with Gasteiger partial charge in [-0.3, -0.25) is 0 Å². The van der Waals surface area contributed by atoms with Crippen LogP contribution in [-0.4, -0.2) is 6.54 Å². The van der Waals surface area contributed by atoms with Gasteiger partial charge < -0.3 is 5.32 Å². The van der Waals surface area contributed by atoms with Gasteiger partial charge in [0.1, 0.15) is 0 Å². The SMILES string of the molecule is CCNC(CCC1CCCCC1)c1cc(C)c(C)cc1C. The molecule has 118 valence electrons. The molecular weight excluding hydrogens is 254 g/mol. The summed E-state index contributed by atoms with van der Waals surface area (Å²) in [6, 6.07) is 5.31. The van der Waals surface area contributed by atoms with Crippen molar-refractivity contribution in [1.82, 2.24) is 5.32 Å². The summed E-state index contributed by atoms with van der Waals surface area (Å²) < 4.78 is 0. The Balaban J connectivity index is 2.05. The van der Waals surface area contributed by atoms with E-state index in [9.17, 15) is 0 Å². The lowest BCUT2D eigenvalue weighted by Gasteiger charge is -2.26. The van der Waals surface area contributed by atoms with Crippen molar-refractivity contribution in [2.75, 3.05) is 6.54 Å². The maximum Gasteiger partial charge on any atom is 0.0322 e. The van der Waals surface area contributed by atoms with Gasteiger partial charge in [-0.05, 0) is 68.3 Å². The summed E-state index contributed by atoms with van der Waals surface area (Å²) in [4.78, 5) is 0. The van der Waals surface area contributed by atoms with Crippen molar-refractivity contribution >= 4 is 0 Å². The number of benzene rings is 1. The highest BCUT2D eigenvalue weighted by molar-refractivity contribution is 5.38. The van der Waals surface area contributed by atoms with Crippen molar-refractivity contribution in [3.63, 3.8) is 0 Å². The quantitative estimate of drug-likeness (QED) is 0.715. The largest absolute Gasteiger partial charge is 0.310 e. The molecule has 0 aliphatic heterocycles. The van der Waals surface area contributed by atoms with Crippen molar-refractivity contribution in [1.29, 1.82) is 0 Å². The normalized spacial score (nSPS) is 17.9. The molecule has 1 aromatic rings. The number of hydrogen-bond acceptors (Lipinski definition) is 1. The molecule has 0 amide bonds. The van der Waals surface area contributed by atoms with Crippen LogP contribution in [0.5, 0.6) is 0 Å². The summed E-state index contributed by atoms with van der Waals surface area (Å²) in [6.45, 7) is 10.0. The van der Waals surface area contributed by atoms with Crippen molar-refractivity contribution in [2.45, 2.75) is 78.7 Å². The van der Waals surface area contributed by atoms with Crippen LogP contribution in [0.4, 0.5) is 0 Å². The van der Waals surface area contributed by atoms with Crippen LogP contribution in [0.1, 0.15) is 80.2 Å². The Kier molecular flexibility index (Phi) is 6.29. The molecule has 1 unspecified atom stereocenters. The molecule has 0 bridgehead atoms. The summed E-state index contributed by atoms with van der Waals surface area (Å²) in [6.07, 6.45) is 9.99. The summed E-state index contributed by atoms with van der Waals surface area (Å²) in [5.74, 6) is 0.978. The van der Waals surface area contributed by atoms with Gasteiger partial charge in [-0.15, -0.1) is 0 Å². The second kappa shape index (κ2) is 7.98. The smallest absolute Gasteiger partial charge is 0.0322 e. The maximum absolute atomic E-state index is 3.73. The van der Waals surface area contributed by atoms with E-state index >= 15 is 0 Å². The molecule has 1 saturated carbocycles. The van der Waals surface area contributed by atoms with Gasteiger partial charge in [0, 0.05) is 6.04 Å². The van der Waals surface area contributed by atoms with E-state index in [4.69, 9.17) is 0 Å². The Labute approximate surface area is 131 Å². The van der Waals surface area contributed by atoms with Crippen LogP contribution >= 0.6 is 0 Å². The van der Waals surface area contributed by atoms with Gasteiger partial charge in [-0.25, -0.2) is 0 Å². The topological polar surface area (TPSA) is 12.0 Å². The number of hydrogen-bond donors (Lipinski definition) is 1. The Morgan fingerprint density at radius 3 is 2.33 bits per heavy atom. The van der Waals surface area contributed by atoms with Crippen LogP contribution < -0.4 is 5.32 Å². The lowest BCUT2D eigenvalue weighted by molar-refractivity contribution is 0.315. The summed E-state index contributed by atoms with van der Waals surface area (Å²) >= 11 is 0. The number of aryl methyl sites for hydroxylation is 3. The Morgan fingerprint density at radius 1 is 1.00 bits per heavy atom. The zero-order valence-corrected chi connectivity index (χ0v) is 14.5. The van der Waals surface area contributed by atoms with Gasteiger partial charge >= 0.3 is 0 Å². The molecule has 0 saturated heterocycles. The Morgan fingerprint density at radius 2 is 1.67 bits per heavy atom. The Hall–Kier alpha value is -0.820. The monoisotopic (exact) mass is 287 g/mol. The highest BCUT2D eigenvalue weighted by atomic mass is 14.9. The molecule has 2 rings (SSSR count). The van der Waals surface area contributed by atoms with E-state index in [0.717, 1.165) is 12.5 Å². The third-order valence-electron chi connectivity index (χ3n) is 5.30. The van der Waals surface area contributed by atoms with Crippen LogP contribution in [0.15, 0.2) is 12.1 Å². The summed E-state index contributed by atoms with van der Waals surface area (Å²) in [5, 5.41) is 3.73. The highest BCUT2D eigenvalue weighted by Gasteiger charge is 2.18. The van der Waals surface area contributed by atoms with Crippen LogP contribution in [0.2, 0.25) is 0 Å². The lowest BCUT2D eigenvalue weighted by atomic mass is 9.83. The fourth-order valence-electron chi connectivity index (χ4n) is 3.85. The molecule has 1 atom stereocenters. The van der Waals surface area contributed by atoms with E-state index in [-0.39, 0.29) is 0 Å². The Bertz CT molecular complexity index is 443. The standard InChI is InChI=1S/C20H33N/c1-5-21-20(12-11-18-9-7-6-8-10-18)19-14-16(3)15(2)13-17(19)4/h13-14,18,20-21H,5-12H2,1-4H3. The van der Waals surface area contributed by atoms with Crippen LogP contribution in [-0.2, 0) is 0 Å². The van der Waals surface area contributed by atoms with Crippen LogP contribution in [0, 0.1) is 26.7 Å². The first kappa shape index (κ1) is 16.5. The molecule has 0 aromatic heterocycles. The molecule has 1 aliphatic carbocycles. The minimum atomic E-state index is 0.538. The predicted molar refractivity (Wildman–Crippen MR) is 92.9 cm³/mol. The first-order valence-electron chi connectivity index (χ1n) is 8.93. The fourth-order valence-corrected chi connectivity index (χ4v) is 3.85. The highest BCUT2D eigenvalue weighted by Crippen LogP contribution is 2.31. The zero-order valence-electron chi connectivity index (χ0n) is 14.5. The van der Waals surface area contributed by atoms with Crippen molar-refractivity contribution < 1.29 is 0 Å². The van der Waals surface area contributed by atoms with Crippen molar-refractivity contribution in [3.8, 4) is 0 Å². The average molecular weight is 287 g/mol. The van der Waals surface area contributed by atoms with Gasteiger partial charge in [0.15, 0.2) is 0 Å². The molecule has 1 aromatic carbocycles. The molecule has 21 heavy (non-hydrogen) atoms. The minimum absolute atomic E-state index is 0.538. The van der Waals surface area contributed by atoms with E-state index in [1.54, 1.807) is 0 Å². The van der Waals surface area contributed by atoms with Crippen molar-refractivity contribution in [3.05, 3.63) is 34.4 Å². The van der Waals surface area contributed by atoms with Gasteiger partial charge in [-0.1, -0.05) is 51.2 Å². The molecule has 1 fully saturated rings. The summed E-state index contributed by atoms with van der Waals surface area (Å²) in [7, 11) is 0. The van der Waals surface area contributed by atoms with E-state index < -0.39 is 0 Å². The second-order valence-corrected chi connectivity index (χ2v) is 6.98. The zero-order chi connectivity index (χ0) is 15.2. The van der Waals surface area contributed by atoms with E-state index in [2.05, 4.69) is 45.1 Å². The minimum Gasteiger partial charge on any atom is -0.310 e. The molecule has 1 nitrogen and oxygen atoms in total.